The maximum absolute atomic E-state index is 13.0. The molecule has 0 spiro atoms. The molecule has 130 valence electrons. The van der Waals surface area contributed by atoms with Crippen molar-refractivity contribution in [2.45, 2.75) is 18.4 Å². The highest BCUT2D eigenvalue weighted by molar-refractivity contribution is 7.90. The lowest BCUT2D eigenvalue weighted by Gasteiger charge is -2.15. The molecule has 26 heavy (non-hydrogen) atoms. The summed E-state index contributed by atoms with van der Waals surface area (Å²) >= 11 is 0. The number of carbonyl (C=O) groups excluding carboxylic acids is 1. The van der Waals surface area contributed by atoms with Gasteiger partial charge in [0.1, 0.15) is 4.90 Å². The zero-order chi connectivity index (χ0) is 18.3. The Hall–Kier alpha value is -2.92. The van der Waals surface area contributed by atoms with E-state index in [1.165, 1.54) is 0 Å². The van der Waals surface area contributed by atoms with Gasteiger partial charge in [-0.2, -0.15) is 0 Å². The van der Waals surface area contributed by atoms with Crippen molar-refractivity contribution in [3.8, 4) is 11.1 Å². The molecule has 1 aliphatic rings. The van der Waals surface area contributed by atoms with Gasteiger partial charge in [0.25, 0.3) is 15.9 Å². The SMILES string of the molecule is Cc1cccc(-c2ccc3c(c2)S(=O)(=O)N(Cc2ccccc2)C3=O)c1. The Bertz CT molecular complexity index is 1110. The largest absolute Gasteiger partial charge is 0.269 e. The summed E-state index contributed by atoms with van der Waals surface area (Å²) in [4.78, 5) is 12.7. The van der Waals surface area contributed by atoms with E-state index in [0.29, 0.717) is 0 Å². The van der Waals surface area contributed by atoms with Crippen LogP contribution in [0.25, 0.3) is 11.1 Å². The topological polar surface area (TPSA) is 54.5 Å². The molecule has 0 atom stereocenters. The molecule has 1 heterocycles. The van der Waals surface area contributed by atoms with Gasteiger partial charge >= 0.3 is 0 Å². The minimum atomic E-state index is -3.85. The fourth-order valence-corrected chi connectivity index (χ4v) is 4.77. The molecule has 0 N–H and O–H groups in total. The second kappa shape index (κ2) is 6.11. The number of fused-ring (bicyclic) bond motifs is 1. The van der Waals surface area contributed by atoms with Crippen LogP contribution < -0.4 is 0 Å². The molecule has 0 unspecified atom stereocenters. The van der Waals surface area contributed by atoms with Gasteiger partial charge in [-0.1, -0.05) is 66.2 Å². The van der Waals surface area contributed by atoms with Crippen LogP contribution in [0.5, 0.6) is 0 Å². The van der Waals surface area contributed by atoms with E-state index in [9.17, 15) is 13.2 Å². The van der Waals surface area contributed by atoms with Crippen LogP contribution >= 0.6 is 0 Å². The summed E-state index contributed by atoms with van der Waals surface area (Å²) in [5.41, 5.74) is 3.81. The van der Waals surface area contributed by atoms with Crippen molar-refractivity contribution in [3.05, 3.63) is 89.5 Å². The van der Waals surface area contributed by atoms with Crippen LogP contribution in [0.2, 0.25) is 0 Å². The second-order valence-corrected chi connectivity index (χ2v) is 8.21. The standard InChI is InChI=1S/C21H17NO3S/c1-15-6-5-9-17(12-15)18-10-11-19-20(13-18)26(24,25)22(21(19)23)14-16-7-3-2-4-8-16/h2-13H,14H2,1H3. The lowest BCUT2D eigenvalue weighted by Crippen LogP contribution is -2.29. The molecule has 0 saturated heterocycles. The van der Waals surface area contributed by atoms with Crippen LogP contribution in [0, 0.1) is 6.92 Å². The van der Waals surface area contributed by atoms with Crippen LogP contribution in [0.15, 0.2) is 77.7 Å². The monoisotopic (exact) mass is 363 g/mol. The first-order chi connectivity index (χ1) is 12.5. The smallest absolute Gasteiger partial charge is 0.268 e. The maximum atomic E-state index is 13.0. The first-order valence-electron chi connectivity index (χ1n) is 8.29. The lowest BCUT2D eigenvalue weighted by atomic mass is 10.0. The van der Waals surface area contributed by atoms with Gasteiger partial charge in [0.05, 0.1) is 12.1 Å². The van der Waals surface area contributed by atoms with Crippen molar-refractivity contribution in [2.75, 3.05) is 0 Å². The second-order valence-electron chi connectivity index (χ2n) is 6.38. The molecule has 0 radical (unpaired) electrons. The molecule has 0 fully saturated rings. The minimum Gasteiger partial charge on any atom is -0.268 e. The Balaban J connectivity index is 1.77. The third kappa shape index (κ3) is 2.70. The number of benzene rings is 3. The summed E-state index contributed by atoms with van der Waals surface area (Å²) in [5, 5.41) is 0. The number of carbonyl (C=O) groups is 1. The average molecular weight is 363 g/mol. The highest BCUT2D eigenvalue weighted by atomic mass is 32.2. The van der Waals surface area contributed by atoms with Crippen LogP contribution in [0.4, 0.5) is 0 Å². The normalized spacial score (nSPS) is 15.1. The molecule has 4 rings (SSSR count). The molecule has 0 aliphatic carbocycles. The van der Waals surface area contributed by atoms with Gasteiger partial charge in [0.15, 0.2) is 0 Å². The number of nitrogens with zero attached hydrogens (tertiary/aromatic N) is 1. The van der Waals surface area contributed by atoms with Crippen molar-refractivity contribution >= 4 is 15.9 Å². The van der Waals surface area contributed by atoms with Crippen molar-refractivity contribution in [1.82, 2.24) is 4.31 Å². The third-order valence-corrected chi connectivity index (χ3v) is 6.30. The summed E-state index contributed by atoms with van der Waals surface area (Å²) < 4.78 is 26.9. The minimum absolute atomic E-state index is 0.0382. The fourth-order valence-electron chi connectivity index (χ4n) is 3.18. The molecule has 4 nitrogen and oxygen atoms in total. The number of amides is 1. The molecule has 0 bridgehead atoms. The Morgan fingerprint density at radius 1 is 0.846 bits per heavy atom. The van der Waals surface area contributed by atoms with E-state index in [-0.39, 0.29) is 17.0 Å². The predicted molar refractivity (Wildman–Crippen MR) is 100 cm³/mol. The van der Waals surface area contributed by atoms with Crippen molar-refractivity contribution in [2.24, 2.45) is 0 Å². The molecule has 5 heteroatoms. The van der Waals surface area contributed by atoms with E-state index < -0.39 is 15.9 Å². The van der Waals surface area contributed by atoms with E-state index >= 15 is 0 Å². The molecular weight excluding hydrogens is 346 g/mol. The van der Waals surface area contributed by atoms with E-state index in [1.807, 2.05) is 61.5 Å². The first-order valence-corrected chi connectivity index (χ1v) is 9.73. The molecule has 1 amide bonds. The molecule has 0 saturated carbocycles. The molecule has 3 aromatic rings. The summed E-state index contributed by atoms with van der Waals surface area (Å²) in [5.74, 6) is -0.473. The van der Waals surface area contributed by atoms with Gasteiger partial charge in [0, 0.05) is 0 Å². The average Bonchev–Trinajstić information content (AvgIpc) is 2.83. The Kier molecular flexibility index (Phi) is 3.89. The number of hydrogen-bond donors (Lipinski definition) is 0. The molecule has 3 aromatic carbocycles. The number of hydrogen-bond acceptors (Lipinski definition) is 3. The first kappa shape index (κ1) is 16.5. The molecule has 0 aromatic heterocycles. The van der Waals surface area contributed by atoms with Crippen molar-refractivity contribution in [3.63, 3.8) is 0 Å². The van der Waals surface area contributed by atoms with E-state index in [4.69, 9.17) is 0 Å². The van der Waals surface area contributed by atoms with Crippen LogP contribution in [0.3, 0.4) is 0 Å². The van der Waals surface area contributed by atoms with Gasteiger partial charge in [-0.05, 0) is 35.7 Å². The highest BCUT2D eigenvalue weighted by Gasteiger charge is 2.41. The number of sulfonamides is 1. The van der Waals surface area contributed by atoms with Gasteiger partial charge in [-0.3, -0.25) is 4.79 Å². The number of rotatable bonds is 3. The van der Waals surface area contributed by atoms with Gasteiger partial charge in [-0.15, -0.1) is 0 Å². The quantitative estimate of drug-likeness (QED) is 0.707. The molecule has 1 aliphatic heterocycles. The van der Waals surface area contributed by atoms with Crippen molar-refractivity contribution in [1.29, 1.82) is 0 Å². The summed E-state index contributed by atoms with van der Waals surface area (Å²) in [6.07, 6.45) is 0. The third-order valence-electron chi connectivity index (χ3n) is 4.53. The Morgan fingerprint density at radius 3 is 2.31 bits per heavy atom. The van der Waals surface area contributed by atoms with Crippen LogP contribution in [-0.2, 0) is 16.6 Å². The highest BCUT2D eigenvalue weighted by Crippen LogP contribution is 2.35. The fraction of sp³-hybridized carbons (Fsp3) is 0.0952. The zero-order valence-corrected chi connectivity index (χ0v) is 15.0. The zero-order valence-electron chi connectivity index (χ0n) is 14.2. The van der Waals surface area contributed by atoms with Gasteiger partial charge < -0.3 is 0 Å². The summed E-state index contributed by atoms with van der Waals surface area (Å²) in [6.45, 7) is 2.02. The van der Waals surface area contributed by atoms with Crippen molar-refractivity contribution < 1.29 is 13.2 Å². The van der Waals surface area contributed by atoms with E-state index in [0.717, 1.165) is 26.6 Å². The summed E-state index contributed by atoms with van der Waals surface area (Å²) in [7, 11) is -3.85. The van der Waals surface area contributed by atoms with Gasteiger partial charge in [-0.25, -0.2) is 12.7 Å². The maximum Gasteiger partial charge on any atom is 0.269 e. The lowest BCUT2D eigenvalue weighted by molar-refractivity contribution is 0.0865. The summed E-state index contributed by atoms with van der Waals surface area (Å²) in [6, 6.07) is 22.0. The van der Waals surface area contributed by atoms with Crippen LogP contribution in [-0.4, -0.2) is 18.6 Å². The Labute approximate surface area is 152 Å². The van der Waals surface area contributed by atoms with E-state index in [2.05, 4.69) is 0 Å². The number of aryl methyl sites for hydroxylation is 1. The molecular formula is C21H17NO3S. The van der Waals surface area contributed by atoms with Crippen LogP contribution in [0.1, 0.15) is 21.5 Å². The Morgan fingerprint density at radius 2 is 1.58 bits per heavy atom. The van der Waals surface area contributed by atoms with E-state index in [1.54, 1.807) is 18.2 Å². The predicted octanol–water partition coefficient (Wildman–Crippen LogP) is 4.01. The van der Waals surface area contributed by atoms with Gasteiger partial charge in [0.2, 0.25) is 0 Å².